The molecule has 1 rings (SSSR count). The number of benzene rings is 1. The van der Waals surface area contributed by atoms with Crippen molar-refractivity contribution in [2.24, 2.45) is 5.92 Å². The molecule has 0 aromatic heterocycles. The van der Waals surface area contributed by atoms with Gasteiger partial charge in [0.05, 0.1) is 26.8 Å². The lowest BCUT2D eigenvalue weighted by molar-refractivity contribution is 0.0693. The van der Waals surface area contributed by atoms with Gasteiger partial charge in [-0.3, -0.25) is 4.21 Å². The van der Waals surface area contributed by atoms with Crippen molar-refractivity contribution in [3.8, 4) is 0 Å². The minimum atomic E-state index is -3.69. The van der Waals surface area contributed by atoms with E-state index in [1.807, 2.05) is 0 Å². The van der Waals surface area contributed by atoms with Gasteiger partial charge in [-0.05, 0) is 42.1 Å². The fourth-order valence-corrected chi connectivity index (χ4v) is 3.70. The van der Waals surface area contributed by atoms with Gasteiger partial charge in [-0.1, -0.05) is 13.8 Å². The molecule has 0 aliphatic carbocycles. The van der Waals surface area contributed by atoms with Gasteiger partial charge in [-0.2, -0.15) is 8.78 Å². The number of carbonyl (C=O) groups is 1. The van der Waals surface area contributed by atoms with Crippen LogP contribution in [0.15, 0.2) is 17.0 Å². The molecule has 0 spiro atoms. The zero-order valence-electron chi connectivity index (χ0n) is 11.2. The summed E-state index contributed by atoms with van der Waals surface area (Å²) in [4.78, 5) is 10.9. The van der Waals surface area contributed by atoms with Crippen LogP contribution in [0.1, 0.15) is 35.3 Å². The molecule has 0 amide bonds. The molecular formula is C13H15ClF2O3S. The second-order valence-electron chi connectivity index (χ2n) is 4.82. The average Bonchev–Trinajstić information content (AvgIpc) is 2.25. The zero-order valence-corrected chi connectivity index (χ0v) is 12.8. The third-order valence-corrected chi connectivity index (χ3v) is 4.81. The predicted molar refractivity (Wildman–Crippen MR) is 74.0 cm³/mol. The Hall–Kier alpha value is -1.01. The first kappa shape index (κ1) is 17.0. The molecule has 0 saturated heterocycles. The Morgan fingerprint density at radius 3 is 2.40 bits per heavy atom. The number of rotatable bonds is 5. The van der Waals surface area contributed by atoms with Gasteiger partial charge in [0.25, 0.3) is 0 Å². The third kappa shape index (κ3) is 3.76. The molecular weight excluding hydrogens is 310 g/mol. The maximum Gasteiger partial charge on any atom is 0.349 e. The molecule has 1 N–H and O–H groups in total. The minimum Gasteiger partial charge on any atom is -0.478 e. The molecule has 1 atom stereocenters. The standard InChI is InChI=1S/C13H15ClF2O3S/c1-7(2)6-20(19)11-8(3)9(12(17)18)4-5-10(11)13(14,15)16/h4-5,7H,6H2,1-3H3,(H,17,18)/t20-/m1/s1. The molecule has 0 saturated carbocycles. The number of carboxylic acids is 1. The summed E-state index contributed by atoms with van der Waals surface area (Å²) in [7, 11) is -1.74. The van der Waals surface area contributed by atoms with Crippen molar-refractivity contribution in [1.82, 2.24) is 0 Å². The largest absolute Gasteiger partial charge is 0.478 e. The summed E-state index contributed by atoms with van der Waals surface area (Å²) in [5, 5.41) is 5.34. The molecule has 7 heteroatoms. The lowest BCUT2D eigenvalue weighted by Crippen LogP contribution is -2.16. The van der Waals surface area contributed by atoms with Crippen molar-refractivity contribution in [2.45, 2.75) is 31.0 Å². The van der Waals surface area contributed by atoms with E-state index in [1.165, 1.54) is 6.92 Å². The van der Waals surface area contributed by atoms with Crippen LogP contribution < -0.4 is 0 Å². The molecule has 0 heterocycles. The third-order valence-electron chi connectivity index (χ3n) is 2.65. The van der Waals surface area contributed by atoms with Crippen LogP contribution in [0.25, 0.3) is 0 Å². The van der Waals surface area contributed by atoms with Gasteiger partial charge in [-0.15, -0.1) is 0 Å². The van der Waals surface area contributed by atoms with Gasteiger partial charge in [0, 0.05) is 5.75 Å². The first-order valence-electron chi connectivity index (χ1n) is 5.88. The van der Waals surface area contributed by atoms with Crippen molar-refractivity contribution >= 4 is 28.4 Å². The smallest absolute Gasteiger partial charge is 0.349 e. The summed E-state index contributed by atoms with van der Waals surface area (Å²) in [5.41, 5.74) is -0.684. The predicted octanol–water partition coefficient (Wildman–Crippen LogP) is 3.74. The Morgan fingerprint density at radius 2 is 2.00 bits per heavy atom. The van der Waals surface area contributed by atoms with Crippen LogP contribution in [-0.2, 0) is 16.2 Å². The lowest BCUT2D eigenvalue weighted by Gasteiger charge is -2.18. The van der Waals surface area contributed by atoms with E-state index in [1.54, 1.807) is 13.8 Å². The summed E-state index contributed by atoms with van der Waals surface area (Å²) < 4.78 is 39.1. The second-order valence-corrected chi connectivity index (χ2v) is 6.73. The maximum absolute atomic E-state index is 13.4. The first-order valence-corrected chi connectivity index (χ1v) is 7.57. The Balaban J connectivity index is 3.53. The molecule has 0 fully saturated rings. The van der Waals surface area contributed by atoms with Crippen LogP contribution in [0, 0.1) is 12.8 Å². The van der Waals surface area contributed by atoms with Gasteiger partial charge >= 0.3 is 11.4 Å². The Labute approximate surface area is 123 Å². The van der Waals surface area contributed by atoms with E-state index in [0.29, 0.717) is 0 Å². The highest BCUT2D eigenvalue weighted by molar-refractivity contribution is 7.85. The Morgan fingerprint density at radius 1 is 1.45 bits per heavy atom. The van der Waals surface area contributed by atoms with E-state index in [2.05, 4.69) is 0 Å². The van der Waals surface area contributed by atoms with Crippen LogP contribution in [0.2, 0.25) is 0 Å². The quantitative estimate of drug-likeness (QED) is 0.839. The number of hydrogen-bond acceptors (Lipinski definition) is 2. The van der Waals surface area contributed by atoms with Crippen LogP contribution >= 0.6 is 11.6 Å². The van der Waals surface area contributed by atoms with E-state index in [-0.39, 0.29) is 27.7 Å². The molecule has 20 heavy (non-hydrogen) atoms. The van der Waals surface area contributed by atoms with E-state index >= 15 is 0 Å². The van der Waals surface area contributed by atoms with Crippen LogP contribution in [-0.4, -0.2) is 21.0 Å². The SMILES string of the molecule is Cc1c(C(=O)O)ccc(C(F)(F)Cl)c1[S@](=O)CC(C)C. The normalized spacial score (nSPS) is 13.6. The van der Waals surface area contributed by atoms with Gasteiger partial charge < -0.3 is 5.11 Å². The first-order chi connectivity index (χ1) is 9.05. The summed E-state index contributed by atoms with van der Waals surface area (Å²) >= 11 is 5.03. The Kier molecular flexibility index (Phi) is 5.27. The molecule has 3 nitrogen and oxygen atoms in total. The van der Waals surface area contributed by atoms with Crippen LogP contribution in [0.3, 0.4) is 0 Å². The highest BCUT2D eigenvalue weighted by Gasteiger charge is 2.34. The van der Waals surface area contributed by atoms with Crippen molar-refractivity contribution in [3.63, 3.8) is 0 Å². The monoisotopic (exact) mass is 324 g/mol. The average molecular weight is 325 g/mol. The van der Waals surface area contributed by atoms with Crippen LogP contribution in [0.5, 0.6) is 0 Å². The molecule has 0 aliphatic rings. The number of carboxylic acid groups (broad SMARTS) is 1. The number of alkyl halides is 3. The molecule has 112 valence electrons. The highest BCUT2D eigenvalue weighted by Crippen LogP contribution is 2.38. The molecule has 0 radical (unpaired) electrons. The van der Waals surface area contributed by atoms with E-state index in [9.17, 15) is 17.8 Å². The van der Waals surface area contributed by atoms with Gasteiger partial charge in [0.2, 0.25) is 0 Å². The molecule has 0 bridgehead atoms. The van der Waals surface area contributed by atoms with Gasteiger partial charge in [-0.25, -0.2) is 4.79 Å². The minimum absolute atomic E-state index is 0.0144. The van der Waals surface area contributed by atoms with E-state index < -0.39 is 27.7 Å². The van der Waals surface area contributed by atoms with Gasteiger partial charge in [0.15, 0.2) is 0 Å². The summed E-state index contributed by atoms with van der Waals surface area (Å²) in [6, 6.07) is 1.98. The highest BCUT2D eigenvalue weighted by atomic mass is 35.5. The lowest BCUT2D eigenvalue weighted by atomic mass is 10.0. The topological polar surface area (TPSA) is 54.4 Å². The summed E-state index contributed by atoms with van der Waals surface area (Å²) in [6.45, 7) is 4.96. The van der Waals surface area contributed by atoms with E-state index in [4.69, 9.17) is 16.7 Å². The maximum atomic E-state index is 13.4. The summed E-state index contributed by atoms with van der Waals surface area (Å²) in [6.07, 6.45) is 0. The number of halogens is 3. The van der Waals surface area contributed by atoms with Crippen molar-refractivity contribution in [2.75, 3.05) is 5.75 Å². The fraction of sp³-hybridized carbons (Fsp3) is 0.462. The Bertz CT molecular complexity index is 553. The number of aromatic carboxylic acids is 1. The number of hydrogen-bond donors (Lipinski definition) is 1. The van der Waals surface area contributed by atoms with E-state index in [0.717, 1.165) is 12.1 Å². The molecule has 0 aliphatic heterocycles. The van der Waals surface area contributed by atoms with Crippen molar-refractivity contribution < 1.29 is 22.9 Å². The van der Waals surface area contributed by atoms with Crippen molar-refractivity contribution in [3.05, 3.63) is 28.8 Å². The molecule has 0 unspecified atom stereocenters. The van der Waals surface area contributed by atoms with Crippen molar-refractivity contribution in [1.29, 1.82) is 0 Å². The van der Waals surface area contributed by atoms with Gasteiger partial charge in [0.1, 0.15) is 0 Å². The zero-order chi connectivity index (χ0) is 15.7. The summed E-state index contributed by atoms with van der Waals surface area (Å²) in [5.74, 6) is -1.08. The second kappa shape index (κ2) is 6.18. The fourth-order valence-electron chi connectivity index (χ4n) is 1.83. The van der Waals surface area contributed by atoms with Crippen LogP contribution in [0.4, 0.5) is 8.78 Å². The molecule has 1 aromatic carbocycles. The molecule has 1 aromatic rings.